The fourth-order valence-electron chi connectivity index (χ4n) is 2.47. The Morgan fingerprint density at radius 3 is 2.60 bits per heavy atom. The topological polar surface area (TPSA) is 35.6 Å². The largest absolute Gasteiger partial charge is 0.368 e. The molecule has 1 aromatic carbocycles. The lowest BCUT2D eigenvalue weighted by molar-refractivity contribution is -0.119. The number of nitrogens with one attached hydrogen (secondary N) is 1. The predicted molar refractivity (Wildman–Crippen MR) is 83.5 cm³/mol. The minimum atomic E-state index is 0.0371. The Labute approximate surface area is 125 Å². The quantitative estimate of drug-likeness (QED) is 0.922. The van der Waals surface area contributed by atoms with Crippen LogP contribution in [-0.2, 0) is 4.79 Å². The van der Waals surface area contributed by atoms with Gasteiger partial charge in [0.2, 0.25) is 5.91 Å². The van der Waals surface area contributed by atoms with Gasteiger partial charge >= 0.3 is 0 Å². The van der Waals surface area contributed by atoms with Gasteiger partial charge in [-0.1, -0.05) is 17.7 Å². The smallest absolute Gasteiger partial charge is 0.216 e. The molecule has 0 atom stereocenters. The van der Waals surface area contributed by atoms with Gasteiger partial charge in [0.05, 0.1) is 10.7 Å². The van der Waals surface area contributed by atoms with Crippen molar-refractivity contribution in [2.45, 2.75) is 13.8 Å². The van der Waals surface area contributed by atoms with Crippen LogP contribution in [0.2, 0.25) is 5.02 Å². The second-order valence-corrected chi connectivity index (χ2v) is 5.67. The number of carbonyl (C=O) groups is 1. The van der Waals surface area contributed by atoms with E-state index in [1.807, 2.05) is 6.07 Å². The Hall–Kier alpha value is -1.26. The third-order valence-electron chi connectivity index (χ3n) is 3.62. The number of piperazine rings is 1. The molecule has 0 aliphatic carbocycles. The third-order valence-corrected chi connectivity index (χ3v) is 3.92. The van der Waals surface area contributed by atoms with E-state index in [0.29, 0.717) is 0 Å². The van der Waals surface area contributed by atoms with E-state index in [1.165, 1.54) is 5.56 Å². The van der Waals surface area contributed by atoms with Gasteiger partial charge in [-0.2, -0.15) is 0 Å². The first-order valence-corrected chi connectivity index (χ1v) is 7.42. The molecule has 1 aromatic rings. The van der Waals surface area contributed by atoms with E-state index in [0.717, 1.165) is 50.0 Å². The number of rotatable bonds is 4. The third kappa shape index (κ3) is 4.12. The van der Waals surface area contributed by atoms with E-state index in [9.17, 15) is 4.79 Å². The predicted octanol–water partition coefficient (Wildman–Crippen LogP) is 1.91. The van der Waals surface area contributed by atoms with Crippen LogP contribution in [0.3, 0.4) is 0 Å². The maximum atomic E-state index is 10.8. The first-order chi connectivity index (χ1) is 9.56. The van der Waals surface area contributed by atoms with Crippen molar-refractivity contribution in [1.29, 1.82) is 0 Å². The summed E-state index contributed by atoms with van der Waals surface area (Å²) < 4.78 is 0. The molecule has 0 unspecified atom stereocenters. The first kappa shape index (κ1) is 15.1. The lowest BCUT2D eigenvalue weighted by Crippen LogP contribution is -2.48. The van der Waals surface area contributed by atoms with Gasteiger partial charge in [-0.05, 0) is 24.6 Å². The van der Waals surface area contributed by atoms with E-state index in [2.05, 4.69) is 34.2 Å². The highest BCUT2D eigenvalue weighted by Gasteiger charge is 2.18. The van der Waals surface area contributed by atoms with Crippen LogP contribution < -0.4 is 10.2 Å². The van der Waals surface area contributed by atoms with E-state index in [1.54, 1.807) is 6.92 Å². The zero-order valence-electron chi connectivity index (χ0n) is 12.2. The summed E-state index contributed by atoms with van der Waals surface area (Å²) in [5.74, 6) is 0.0371. The van der Waals surface area contributed by atoms with Crippen LogP contribution in [0.4, 0.5) is 5.69 Å². The van der Waals surface area contributed by atoms with Gasteiger partial charge < -0.3 is 10.2 Å². The zero-order chi connectivity index (χ0) is 14.5. The van der Waals surface area contributed by atoms with Crippen molar-refractivity contribution in [1.82, 2.24) is 10.2 Å². The Morgan fingerprint density at radius 1 is 1.30 bits per heavy atom. The van der Waals surface area contributed by atoms with Crippen LogP contribution in [-0.4, -0.2) is 50.1 Å². The van der Waals surface area contributed by atoms with Crippen LogP contribution >= 0.6 is 11.6 Å². The van der Waals surface area contributed by atoms with Gasteiger partial charge in [0, 0.05) is 46.2 Å². The molecule has 1 fully saturated rings. The van der Waals surface area contributed by atoms with E-state index in [-0.39, 0.29) is 5.91 Å². The number of carbonyl (C=O) groups excluding carboxylic acids is 1. The molecular weight excluding hydrogens is 274 g/mol. The van der Waals surface area contributed by atoms with Crippen molar-refractivity contribution in [3.8, 4) is 0 Å². The molecule has 0 radical (unpaired) electrons. The first-order valence-electron chi connectivity index (χ1n) is 7.04. The minimum Gasteiger partial charge on any atom is -0.368 e. The van der Waals surface area contributed by atoms with Crippen molar-refractivity contribution >= 4 is 23.2 Å². The molecule has 0 saturated carbocycles. The highest BCUT2D eigenvalue weighted by Crippen LogP contribution is 2.27. The molecule has 1 aliphatic heterocycles. The number of amides is 1. The Kier molecular flexibility index (Phi) is 5.26. The number of hydrogen-bond acceptors (Lipinski definition) is 3. The molecule has 1 amide bonds. The summed E-state index contributed by atoms with van der Waals surface area (Å²) in [7, 11) is 0. The van der Waals surface area contributed by atoms with Gasteiger partial charge in [-0.15, -0.1) is 0 Å². The van der Waals surface area contributed by atoms with Gasteiger partial charge in [0.1, 0.15) is 0 Å². The summed E-state index contributed by atoms with van der Waals surface area (Å²) in [5, 5.41) is 3.67. The lowest BCUT2D eigenvalue weighted by Gasteiger charge is -2.36. The number of hydrogen-bond donors (Lipinski definition) is 1. The maximum Gasteiger partial charge on any atom is 0.216 e. The minimum absolute atomic E-state index is 0.0371. The summed E-state index contributed by atoms with van der Waals surface area (Å²) in [6.45, 7) is 9.20. The SMILES string of the molecule is CC(=O)NCCN1CCN(c2ccc(C)cc2Cl)CC1. The highest BCUT2D eigenvalue weighted by molar-refractivity contribution is 6.33. The lowest BCUT2D eigenvalue weighted by atomic mass is 10.2. The summed E-state index contributed by atoms with van der Waals surface area (Å²) in [6, 6.07) is 6.22. The molecule has 0 aromatic heterocycles. The van der Waals surface area contributed by atoms with Crippen molar-refractivity contribution < 1.29 is 4.79 Å². The molecule has 20 heavy (non-hydrogen) atoms. The van der Waals surface area contributed by atoms with Crippen LogP contribution in [0.25, 0.3) is 0 Å². The van der Waals surface area contributed by atoms with E-state index in [4.69, 9.17) is 11.6 Å². The van der Waals surface area contributed by atoms with Gasteiger partial charge in [-0.25, -0.2) is 0 Å². The summed E-state index contributed by atoms with van der Waals surface area (Å²) >= 11 is 6.31. The Bertz CT molecular complexity index is 470. The van der Waals surface area contributed by atoms with Crippen LogP contribution in [0.15, 0.2) is 18.2 Å². The van der Waals surface area contributed by atoms with Crippen molar-refractivity contribution in [2.75, 3.05) is 44.2 Å². The van der Waals surface area contributed by atoms with Gasteiger partial charge in [-0.3, -0.25) is 9.69 Å². The fraction of sp³-hybridized carbons (Fsp3) is 0.533. The summed E-state index contributed by atoms with van der Waals surface area (Å²) in [4.78, 5) is 15.5. The monoisotopic (exact) mass is 295 g/mol. The van der Waals surface area contributed by atoms with Crippen molar-refractivity contribution in [3.05, 3.63) is 28.8 Å². The number of aryl methyl sites for hydroxylation is 1. The molecule has 0 spiro atoms. The second-order valence-electron chi connectivity index (χ2n) is 5.27. The normalized spacial score (nSPS) is 16.2. The standard InChI is InChI=1S/C15H22ClN3O/c1-12-3-4-15(14(16)11-12)19-9-7-18(8-10-19)6-5-17-13(2)20/h3-4,11H,5-10H2,1-2H3,(H,17,20). The highest BCUT2D eigenvalue weighted by atomic mass is 35.5. The number of nitrogens with zero attached hydrogens (tertiary/aromatic N) is 2. The molecule has 110 valence electrons. The fourth-order valence-corrected chi connectivity index (χ4v) is 2.83. The average molecular weight is 296 g/mol. The van der Waals surface area contributed by atoms with Crippen molar-refractivity contribution in [2.24, 2.45) is 0 Å². The molecule has 4 nitrogen and oxygen atoms in total. The summed E-state index contributed by atoms with van der Waals surface area (Å²) in [5.41, 5.74) is 2.31. The summed E-state index contributed by atoms with van der Waals surface area (Å²) in [6.07, 6.45) is 0. The molecule has 2 rings (SSSR count). The molecule has 1 saturated heterocycles. The van der Waals surface area contributed by atoms with Crippen LogP contribution in [0.1, 0.15) is 12.5 Å². The van der Waals surface area contributed by atoms with Crippen LogP contribution in [0.5, 0.6) is 0 Å². The van der Waals surface area contributed by atoms with E-state index >= 15 is 0 Å². The second kappa shape index (κ2) is 6.95. The van der Waals surface area contributed by atoms with Crippen molar-refractivity contribution in [3.63, 3.8) is 0 Å². The number of anilines is 1. The molecule has 0 bridgehead atoms. The molecule has 1 heterocycles. The zero-order valence-corrected chi connectivity index (χ0v) is 12.9. The number of benzene rings is 1. The Morgan fingerprint density at radius 2 is 2.00 bits per heavy atom. The molecule has 1 aliphatic rings. The van der Waals surface area contributed by atoms with E-state index < -0.39 is 0 Å². The van der Waals surface area contributed by atoms with Gasteiger partial charge in [0.25, 0.3) is 0 Å². The number of halogens is 1. The van der Waals surface area contributed by atoms with Gasteiger partial charge in [0.15, 0.2) is 0 Å². The molecule has 1 N–H and O–H groups in total. The molecule has 5 heteroatoms. The van der Waals surface area contributed by atoms with Crippen LogP contribution in [0, 0.1) is 6.92 Å². The molecular formula is C15H22ClN3O. The average Bonchev–Trinajstić information content (AvgIpc) is 2.39. The Balaban J connectivity index is 1.83. The maximum absolute atomic E-state index is 10.8.